The minimum atomic E-state index is -0.846. The lowest BCUT2D eigenvalue weighted by Crippen LogP contribution is -2.38. The third kappa shape index (κ3) is 15.7. The summed E-state index contributed by atoms with van der Waals surface area (Å²) in [6.07, 6.45) is 14.5. The van der Waals surface area contributed by atoms with E-state index in [0.717, 1.165) is 111 Å². The highest BCUT2D eigenvalue weighted by atomic mass is 32.1. The van der Waals surface area contributed by atoms with Gasteiger partial charge in [0.2, 0.25) is 11.8 Å². The van der Waals surface area contributed by atoms with Gasteiger partial charge in [-0.15, -0.1) is 29.3 Å². The number of fused-ring (bicyclic) bond motifs is 4. The molecule has 4 saturated carbocycles. The van der Waals surface area contributed by atoms with Crippen LogP contribution in [-0.2, 0) is 38.2 Å². The van der Waals surface area contributed by atoms with Gasteiger partial charge >= 0.3 is 11.9 Å². The quantitative estimate of drug-likeness (QED) is 0.0313. The molecule has 1 aliphatic heterocycles. The van der Waals surface area contributed by atoms with E-state index in [2.05, 4.69) is 57.2 Å². The van der Waals surface area contributed by atoms with E-state index in [0.29, 0.717) is 74.5 Å². The molecule has 2 amide bonds. The number of pyridine rings is 2. The summed E-state index contributed by atoms with van der Waals surface area (Å²) < 4.78 is 35.8. The first-order chi connectivity index (χ1) is 47.0. The number of ether oxygens (including phenoxy) is 6. The number of thiazole rings is 2. The average Bonchev–Trinajstić information content (AvgIpc) is 1.57. The number of aryl methyl sites for hydroxylation is 2. The molecule has 526 valence electrons. The third-order valence-electron chi connectivity index (χ3n) is 21.1. The van der Waals surface area contributed by atoms with E-state index < -0.39 is 40.6 Å². The number of methoxy groups -OCH3 is 2. The van der Waals surface area contributed by atoms with Crippen molar-refractivity contribution in [2.24, 2.45) is 46.3 Å². The Hall–Kier alpha value is -7.58. The number of benzene rings is 2. The summed E-state index contributed by atoms with van der Waals surface area (Å²) in [6, 6.07) is 11.6. The Bertz CT molecular complexity index is 3950. The molecule has 0 bridgehead atoms. The zero-order valence-corrected chi connectivity index (χ0v) is 61.3. The molecule has 4 aromatic heterocycles. The van der Waals surface area contributed by atoms with Crippen molar-refractivity contribution < 1.29 is 57.2 Å². The molecule has 4 aliphatic carbocycles. The minimum Gasteiger partial charge on any atom is -0.496 e. The van der Waals surface area contributed by atoms with Crippen LogP contribution in [0.25, 0.3) is 43.2 Å². The van der Waals surface area contributed by atoms with Crippen LogP contribution in [0.2, 0.25) is 0 Å². The molecule has 11 rings (SSSR count). The fraction of sp³-hybridized carbons (Fsp3) is 0.564. The molecule has 0 radical (unpaired) electrons. The van der Waals surface area contributed by atoms with Crippen LogP contribution in [0.5, 0.6) is 23.0 Å². The highest BCUT2D eigenvalue weighted by Gasteiger charge is 2.63. The topological polar surface area (TPSA) is 216 Å². The zero-order valence-electron chi connectivity index (χ0n) is 59.7. The van der Waals surface area contributed by atoms with Gasteiger partial charge in [0, 0.05) is 96.7 Å². The van der Waals surface area contributed by atoms with Crippen LogP contribution in [0.1, 0.15) is 179 Å². The third-order valence-corrected chi connectivity index (χ3v) is 22.8. The van der Waals surface area contributed by atoms with E-state index in [1.54, 1.807) is 60.5 Å². The van der Waals surface area contributed by atoms with Crippen molar-refractivity contribution in [3.05, 3.63) is 94.5 Å². The second kappa shape index (κ2) is 31.7. The summed E-state index contributed by atoms with van der Waals surface area (Å²) in [5.41, 5.74) is 5.09. The van der Waals surface area contributed by atoms with Gasteiger partial charge in [-0.05, 0) is 153 Å². The lowest BCUT2D eigenvalue weighted by molar-refractivity contribution is -0.153. The Morgan fingerprint density at radius 2 is 1.29 bits per heavy atom. The number of hydrogen-bond acceptors (Lipinski definition) is 18. The molecule has 98 heavy (non-hydrogen) atoms. The second-order valence-electron chi connectivity index (χ2n) is 28.3. The number of unbranched alkanes of at least 4 members (excludes halogenated alkanes) is 2. The summed E-state index contributed by atoms with van der Waals surface area (Å²) in [6.45, 7) is 23.6. The SMILES string of the molecule is C=CCCCCN(C)C(=O)[C@@H]1C[C@H](Oc2cc(-c3nc(C(C)C)cs3)nc3c(C)c(OC)ccc23)C[C@H]1C(=O)C[C@]1(C(=O)OCC)C[C@H]1CC.CCOC(=O)[C@]12CC(=O)[C@@H]3C[C@@H](Oc4cc(-c5nc(C(C)C)cs5)nc5c(C)c(OC)ccc45)C[C@H]3C(=O)N(C)CCCC/C=C\[C@@H]1C2. The van der Waals surface area contributed by atoms with Gasteiger partial charge in [-0.2, -0.15) is 0 Å². The molecule has 6 aromatic rings. The van der Waals surface area contributed by atoms with Crippen molar-refractivity contribution in [3.63, 3.8) is 0 Å². The molecular weight excluding hydrogens is 1280 g/mol. The first-order valence-electron chi connectivity index (χ1n) is 35.4. The number of amides is 2. The first-order valence-corrected chi connectivity index (χ1v) is 37.2. The minimum absolute atomic E-state index is 0.0161. The maximum atomic E-state index is 14.3. The van der Waals surface area contributed by atoms with Crippen molar-refractivity contribution in [3.8, 4) is 44.4 Å². The molecule has 5 aliphatic rings. The Balaban J connectivity index is 0.000000213. The van der Waals surface area contributed by atoms with Gasteiger partial charge in [0.1, 0.15) is 68.2 Å². The first kappa shape index (κ1) is 73.1. The predicted molar refractivity (Wildman–Crippen MR) is 384 cm³/mol. The second-order valence-corrected chi connectivity index (χ2v) is 30.0. The highest BCUT2D eigenvalue weighted by Crippen LogP contribution is 2.60. The fourth-order valence-electron chi connectivity index (χ4n) is 15.0. The summed E-state index contributed by atoms with van der Waals surface area (Å²) in [7, 11) is 6.93. The van der Waals surface area contributed by atoms with E-state index in [-0.39, 0.29) is 91.2 Å². The maximum absolute atomic E-state index is 14.3. The summed E-state index contributed by atoms with van der Waals surface area (Å²) >= 11 is 3.10. The van der Waals surface area contributed by atoms with Crippen LogP contribution >= 0.6 is 22.7 Å². The molecule has 0 unspecified atom stereocenters. The van der Waals surface area contributed by atoms with Crippen molar-refractivity contribution in [1.82, 2.24) is 29.7 Å². The Kier molecular flexibility index (Phi) is 23.7. The molecule has 2 aromatic carbocycles. The van der Waals surface area contributed by atoms with Crippen LogP contribution in [0.3, 0.4) is 0 Å². The molecule has 18 nitrogen and oxygen atoms in total. The number of rotatable bonds is 24. The number of aromatic nitrogens is 4. The number of ketones is 2. The van der Waals surface area contributed by atoms with Crippen LogP contribution in [-0.4, -0.2) is 132 Å². The molecule has 20 heteroatoms. The molecule has 0 spiro atoms. The van der Waals surface area contributed by atoms with Gasteiger partial charge in [0.05, 0.1) is 72.5 Å². The Morgan fingerprint density at radius 3 is 1.82 bits per heavy atom. The van der Waals surface area contributed by atoms with Crippen LogP contribution in [0.15, 0.2) is 72.0 Å². The van der Waals surface area contributed by atoms with Crippen LogP contribution < -0.4 is 18.9 Å². The van der Waals surface area contributed by atoms with E-state index in [1.165, 1.54) is 0 Å². The molecule has 5 heterocycles. The average molecular weight is 1380 g/mol. The van der Waals surface area contributed by atoms with E-state index in [9.17, 15) is 28.8 Å². The van der Waals surface area contributed by atoms with E-state index in [4.69, 9.17) is 48.4 Å². The largest absolute Gasteiger partial charge is 0.496 e. The lowest BCUT2D eigenvalue weighted by Gasteiger charge is -2.25. The number of nitrogens with zero attached hydrogens (tertiary/aromatic N) is 6. The van der Waals surface area contributed by atoms with E-state index >= 15 is 0 Å². The molecule has 4 fully saturated rings. The van der Waals surface area contributed by atoms with Gasteiger partial charge in [-0.25, -0.2) is 19.9 Å². The number of esters is 2. The number of Topliss-reactive ketones (excluding diaryl/α,β-unsaturated/α-hetero) is 2. The van der Waals surface area contributed by atoms with Crippen molar-refractivity contribution in [2.45, 2.75) is 183 Å². The molecule has 0 saturated heterocycles. The van der Waals surface area contributed by atoms with Gasteiger partial charge in [-0.1, -0.05) is 59.3 Å². The summed E-state index contributed by atoms with van der Waals surface area (Å²) in [5.74, 6) is 0.428. The predicted octanol–water partition coefficient (Wildman–Crippen LogP) is 15.6. The highest BCUT2D eigenvalue weighted by molar-refractivity contribution is 7.13. The Morgan fingerprint density at radius 1 is 0.724 bits per heavy atom. The lowest BCUT2D eigenvalue weighted by atomic mass is 9.84. The van der Waals surface area contributed by atoms with Crippen molar-refractivity contribution in [2.75, 3.05) is 54.6 Å². The van der Waals surface area contributed by atoms with Crippen LogP contribution in [0, 0.1) is 60.2 Å². The Labute approximate surface area is 586 Å². The van der Waals surface area contributed by atoms with Gasteiger partial charge in [0.15, 0.2) is 0 Å². The standard InChI is InChI=1S/C40H53N3O6S.C38H47N3O6S/c1-9-12-13-14-17-43(7)38(45)30-19-27(18-29(30)33(44)22-40(21-26(40)10-2)39(46)48-11-3)49-35-20-31(37-42-32(23-50-37)24(4)5)41-36-25(6)34(47-8)16-15-28(35)36;1-7-46-37(44)38-19-24(38)12-10-8-9-11-15-41(5)36(43)28-17-25(16-27(28)31(42)20-38)47-33-18-29(35-40-30(21-48-35)22(2)3)39-34-23(4)32(45-6)14-13-26(33)34/h9,15-16,20,23-24,26-27,29-30H,1,10-14,17-19,21-22H2,2-8H3;10,12-14,18,21-22,24-25,27-28H,7-9,11,15-17,19-20H2,1-6H3/b;12-10-/t26-,27-,29-,30-,40-;24-,25-,27-,28-,38-/m11/s1. The molecule has 0 N–H and O–H groups in total. The zero-order chi connectivity index (χ0) is 70.3. The van der Waals surface area contributed by atoms with Crippen molar-refractivity contribution in [1.29, 1.82) is 0 Å². The summed E-state index contributed by atoms with van der Waals surface area (Å²) in [5, 5.41) is 7.39. The fourth-order valence-corrected chi connectivity index (χ4v) is 16.9. The van der Waals surface area contributed by atoms with Crippen LogP contribution in [0.4, 0.5) is 0 Å². The number of carbonyl (C=O) groups excluding carboxylic acids is 6. The molecule has 10 atom stereocenters. The monoisotopic (exact) mass is 1380 g/mol. The van der Waals surface area contributed by atoms with E-state index in [1.807, 2.05) is 77.3 Å². The number of allylic oxidation sites excluding steroid dienone is 3. The van der Waals surface area contributed by atoms with Gasteiger partial charge < -0.3 is 38.2 Å². The smallest absolute Gasteiger partial charge is 0.313 e. The number of carbonyl (C=O) groups is 6. The van der Waals surface area contributed by atoms with Gasteiger partial charge in [-0.3, -0.25) is 28.8 Å². The number of hydrogen-bond donors (Lipinski definition) is 0. The molecular formula is C78H100N6O12S2. The normalized spacial score (nSPS) is 24.8. The van der Waals surface area contributed by atoms with Gasteiger partial charge in [0.25, 0.3) is 0 Å². The maximum Gasteiger partial charge on any atom is 0.313 e. The summed E-state index contributed by atoms with van der Waals surface area (Å²) in [4.78, 5) is 106. The van der Waals surface area contributed by atoms with Crippen molar-refractivity contribution >= 4 is 79.8 Å².